The molecule has 122 valence electrons. The minimum atomic E-state index is -1.12. The molecule has 4 rings (SSSR count). The molecule has 4 heterocycles. The maximum atomic E-state index is 12.0. The van der Waals surface area contributed by atoms with E-state index in [0.717, 1.165) is 18.7 Å². The van der Waals surface area contributed by atoms with Crippen molar-refractivity contribution in [3.05, 3.63) is 39.5 Å². The van der Waals surface area contributed by atoms with Crippen LogP contribution in [0.1, 0.15) is 18.0 Å². The van der Waals surface area contributed by atoms with Gasteiger partial charge in [-0.15, -0.1) is 4.98 Å². The van der Waals surface area contributed by atoms with Crippen LogP contribution in [0, 0.1) is 11.1 Å². The van der Waals surface area contributed by atoms with Crippen molar-refractivity contribution in [1.29, 1.82) is 0 Å². The van der Waals surface area contributed by atoms with Crippen LogP contribution in [-0.2, 0) is 13.6 Å². The van der Waals surface area contributed by atoms with Gasteiger partial charge in [0.05, 0.1) is 0 Å². The Balaban J connectivity index is 1.67. The number of pyridine rings is 1. The fraction of sp³-hybridized carbons (Fsp3) is 0.500. The highest BCUT2D eigenvalue weighted by Gasteiger charge is 2.36. The number of rotatable bonds is 2. The van der Waals surface area contributed by atoms with Crippen molar-refractivity contribution in [2.45, 2.75) is 18.9 Å². The van der Waals surface area contributed by atoms with Crippen LogP contribution in [0.15, 0.2) is 23.0 Å². The number of nitrogens with one attached hydrogen (secondary N) is 1. The van der Waals surface area contributed by atoms with Gasteiger partial charge in [0.15, 0.2) is 0 Å². The van der Waals surface area contributed by atoms with E-state index in [2.05, 4.69) is 15.0 Å². The summed E-state index contributed by atoms with van der Waals surface area (Å²) >= 11 is 0. The van der Waals surface area contributed by atoms with Crippen LogP contribution in [0.3, 0.4) is 0 Å². The van der Waals surface area contributed by atoms with Crippen LogP contribution in [0.2, 0.25) is 0 Å². The van der Waals surface area contributed by atoms with E-state index >= 15 is 0 Å². The van der Waals surface area contributed by atoms with Crippen molar-refractivity contribution in [3.8, 4) is 0 Å². The smallest absolute Gasteiger partial charge is 0.381 e. The highest BCUT2D eigenvalue weighted by Crippen LogP contribution is 2.36. The number of nitrogens with zero attached hydrogens (tertiary/aromatic N) is 5. The van der Waals surface area contributed by atoms with E-state index in [4.69, 9.17) is 5.21 Å². The number of piperidine rings is 1. The van der Waals surface area contributed by atoms with Gasteiger partial charge in [-0.1, -0.05) is 11.2 Å². The molecule has 9 nitrogen and oxygen atoms in total. The van der Waals surface area contributed by atoms with Crippen LogP contribution in [0.4, 0.5) is 11.9 Å². The molecule has 9 heteroatoms. The normalized spacial score (nSPS) is 24.4. The predicted octanol–water partition coefficient (Wildman–Crippen LogP) is -0.996. The summed E-state index contributed by atoms with van der Waals surface area (Å²) < 4.78 is 3.39. The van der Waals surface area contributed by atoms with Gasteiger partial charge >= 0.3 is 5.95 Å². The topological polar surface area (TPSA) is 104 Å². The first-order valence-electron chi connectivity index (χ1n) is 7.62. The molecule has 2 bridgehead atoms. The zero-order chi connectivity index (χ0) is 16.1. The van der Waals surface area contributed by atoms with Crippen LogP contribution in [0.5, 0.6) is 0 Å². The van der Waals surface area contributed by atoms with Gasteiger partial charge in [0, 0.05) is 44.4 Å². The highest BCUT2D eigenvalue weighted by atomic mass is 16.8. The minimum Gasteiger partial charge on any atom is -0.592 e. The molecule has 1 saturated heterocycles. The van der Waals surface area contributed by atoms with Crippen LogP contribution < -0.4 is 15.7 Å². The molecule has 0 aromatic carbocycles. The van der Waals surface area contributed by atoms with E-state index < -0.39 is 5.23 Å². The molecule has 2 aliphatic rings. The Labute approximate surface area is 131 Å². The lowest BCUT2D eigenvalue weighted by atomic mass is 9.83. The molecule has 0 amide bonds. The lowest BCUT2D eigenvalue weighted by Gasteiger charge is -2.42. The van der Waals surface area contributed by atoms with Crippen LogP contribution >= 0.6 is 0 Å². The second-order valence-corrected chi connectivity index (χ2v) is 6.27. The molecule has 23 heavy (non-hydrogen) atoms. The Bertz CT molecular complexity index is 798. The fourth-order valence-electron chi connectivity index (χ4n) is 3.80. The van der Waals surface area contributed by atoms with E-state index in [9.17, 15) is 10.0 Å². The summed E-state index contributed by atoms with van der Waals surface area (Å²) in [5, 5.41) is 22.9. The molecule has 0 aliphatic carbocycles. The minimum absolute atomic E-state index is 0.0532. The van der Waals surface area contributed by atoms with Crippen LogP contribution in [-0.4, -0.2) is 37.6 Å². The van der Waals surface area contributed by atoms with Crippen molar-refractivity contribution >= 4 is 11.9 Å². The first-order chi connectivity index (χ1) is 11.0. The van der Waals surface area contributed by atoms with Crippen molar-refractivity contribution in [1.82, 2.24) is 19.3 Å². The third-order valence-electron chi connectivity index (χ3n) is 4.69. The van der Waals surface area contributed by atoms with Crippen molar-refractivity contribution in [2.24, 2.45) is 13.0 Å². The van der Waals surface area contributed by atoms with E-state index in [1.54, 1.807) is 19.2 Å². The zero-order valence-corrected chi connectivity index (χ0v) is 12.7. The average Bonchev–Trinajstić information content (AvgIpc) is 2.90. The SMILES string of the molecule is Cn1nc([NH+]([O-])O)nc1N1CC2CC(C1)c1cccc(=O)n1C2. The third kappa shape index (κ3) is 2.33. The number of hydrogen-bond donors (Lipinski definition) is 2. The average molecular weight is 318 g/mol. The van der Waals surface area contributed by atoms with Gasteiger partial charge in [0.2, 0.25) is 5.95 Å². The monoisotopic (exact) mass is 318 g/mol. The van der Waals surface area contributed by atoms with E-state index in [-0.39, 0.29) is 17.4 Å². The number of fused-ring (bicyclic) bond motifs is 4. The largest absolute Gasteiger partial charge is 0.592 e. The highest BCUT2D eigenvalue weighted by molar-refractivity contribution is 5.36. The molecule has 2 aromatic rings. The predicted molar refractivity (Wildman–Crippen MR) is 80.5 cm³/mol. The molecular formula is C14H18N6O3. The number of aromatic nitrogens is 4. The summed E-state index contributed by atoms with van der Waals surface area (Å²) in [5.74, 6) is 0.992. The molecular weight excluding hydrogens is 300 g/mol. The third-order valence-corrected chi connectivity index (χ3v) is 4.69. The fourth-order valence-corrected chi connectivity index (χ4v) is 3.80. The first kappa shape index (κ1) is 14.4. The summed E-state index contributed by atoms with van der Waals surface area (Å²) in [4.78, 5) is 18.3. The Morgan fingerprint density at radius 1 is 1.35 bits per heavy atom. The van der Waals surface area contributed by atoms with Crippen molar-refractivity contribution in [2.75, 3.05) is 18.0 Å². The molecule has 0 spiro atoms. The van der Waals surface area contributed by atoms with Gasteiger partial charge in [0.25, 0.3) is 5.56 Å². The van der Waals surface area contributed by atoms with E-state index in [1.807, 2.05) is 10.6 Å². The van der Waals surface area contributed by atoms with Gasteiger partial charge in [0.1, 0.15) is 0 Å². The van der Waals surface area contributed by atoms with Crippen LogP contribution in [0.25, 0.3) is 0 Å². The quantitative estimate of drug-likeness (QED) is 0.689. The lowest BCUT2D eigenvalue weighted by Crippen LogP contribution is -2.99. The second kappa shape index (κ2) is 5.15. The van der Waals surface area contributed by atoms with Gasteiger partial charge in [-0.25, -0.2) is 9.89 Å². The standard InChI is InChI=1S/C14H18N6O3/c1-17-14(15-13(16-17)20(22)23)18-6-9-5-10(8-18)11-3-2-4-12(21)19(11)7-9/h2-4,9-10,20,22H,5-8H2,1H3. The molecule has 3 unspecified atom stereocenters. The van der Waals surface area contributed by atoms with Gasteiger partial charge in [-0.2, -0.15) is 5.23 Å². The summed E-state index contributed by atoms with van der Waals surface area (Å²) in [6, 6.07) is 5.41. The summed E-state index contributed by atoms with van der Waals surface area (Å²) in [5.41, 5.74) is 1.11. The summed E-state index contributed by atoms with van der Waals surface area (Å²) in [7, 11) is 1.71. The van der Waals surface area contributed by atoms with Crippen molar-refractivity contribution < 1.29 is 10.4 Å². The molecule has 2 aromatic heterocycles. The van der Waals surface area contributed by atoms with E-state index in [1.165, 1.54) is 4.68 Å². The zero-order valence-electron chi connectivity index (χ0n) is 12.7. The Morgan fingerprint density at radius 2 is 2.17 bits per heavy atom. The second-order valence-electron chi connectivity index (χ2n) is 6.27. The summed E-state index contributed by atoms with van der Waals surface area (Å²) in [6.07, 6.45) is 1.05. The first-order valence-corrected chi connectivity index (χ1v) is 7.62. The Hall–Kier alpha value is -2.23. The lowest BCUT2D eigenvalue weighted by molar-refractivity contribution is -0.995. The molecule has 2 aliphatic heterocycles. The number of quaternary nitrogens is 1. The van der Waals surface area contributed by atoms with Gasteiger partial charge in [-0.05, 0) is 18.4 Å². The number of aryl methyl sites for hydroxylation is 1. The molecule has 2 N–H and O–H groups in total. The molecule has 0 saturated carbocycles. The molecule has 0 radical (unpaired) electrons. The maximum absolute atomic E-state index is 12.0. The Morgan fingerprint density at radius 3 is 2.91 bits per heavy atom. The van der Waals surface area contributed by atoms with E-state index in [0.29, 0.717) is 25.0 Å². The number of anilines is 1. The van der Waals surface area contributed by atoms with Gasteiger partial charge < -0.3 is 14.7 Å². The van der Waals surface area contributed by atoms with Crippen molar-refractivity contribution in [3.63, 3.8) is 0 Å². The summed E-state index contributed by atoms with van der Waals surface area (Å²) in [6.45, 7) is 2.17. The maximum Gasteiger partial charge on any atom is 0.381 e. The molecule has 1 fully saturated rings. The van der Waals surface area contributed by atoms with Gasteiger partial charge in [-0.3, -0.25) is 4.79 Å². The molecule has 3 atom stereocenters. The Kier molecular flexibility index (Phi) is 3.22. The number of hydrogen-bond acceptors (Lipinski definition) is 6.